The molecular weight excluding hydrogens is 342 g/mol. The van der Waals surface area contributed by atoms with Crippen LogP contribution in [0.5, 0.6) is 0 Å². The van der Waals surface area contributed by atoms with Crippen LogP contribution in [0, 0.1) is 0 Å². The van der Waals surface area contributed by atoms with Crippen molar-refractivity contribution in [2.24, 2.45) is 0 Å². The average Bonchev–Trinajstić information content (AvgIpc) is 3.19. The van der Waals surface area contributed by atoms with E-state index in [0.29, 0.717) is 38.9 Å². The van der Waals surface area contributed by atoms with E-state index in [1.165, 1.54) is 0 Å². The van der Waals surface area contributed by atoms with E-state index in [2.05, 4.69) is 0 Å². The smallest absolute Gasteiger partial charge is 0.266 e. The number of amides is 2. The highest BCUT2D eigenvalue weighted by atomic mass is 35.5. The van der Waals surface area contributed by atoms with Gasteiger partial charge in [0, 0.05) is 5.56 Å². The Bertz CT molecular complexity index is 973. The Balaban J connectivity index is 1.72. The predicted octanol–water partition coefficient (Wildman–Crippen LogP) is 3.89. The Hall–Kier alpha value is -2.89. The fourth-order valence-corrected chi connectivity index (χ4v) is 3.14. The predicted molar refractivity (Wildman–Crippen MR) is 92.7 cm³/mol. The van der Waals surface area contributed by atoms with Crippen LogP contribution in [-0.4, -0.2) is 16.9 Å². The Kier molecular flexibility index (Phi) is 3.67. The number of furan rings is 1. The van der Waals surface area contributed by atoms with Gasteiger partial charge in [-0.25, -0.2) is 4.90 Å². The van der Waals surface area contributed by atoms with Gasteiger partial charge in [0.15, 0.2) is 0 Å². The van der Waals surface area contributed by atoms with Gasteiger partial charge in [-0.05, 0) is 42.5 Å². The maximum atomic E-state index is 12.5. The molecule has 0 bridgehead atoms. The summed E-state index contributed by atoms with van der Waals surface area (Å²) >= 11 is 6.33. The molecule has 3 aromatic rings. The number of imide groups is 1. The molecule has 1 aliphatic heterocycles. The number of aliphatic hydroxyl groups excluding tert-OH is 1. The van der Waals surface area contributed by atoms with Crippen LogP contribution in [0.3, 0.4) is 0 Å². The first-order chi connectivity index (χ1) is 12.1. The summed E-state index contributed by atoms with van der Waals surface area (Å²) in [5.41, 5.74) is 1.77. The first-order valence-electron chi connectivity index (χ1n) is 7.57. The second-order valence-electron chi connectivity index (χ2n) is 5.58. The standard InChI is InChI=1S/C19H12ClNO4/c20-16-9-11(5-7-15(16)17-8-6-12(10-22)25-17)21-18(23)13-3-1-2-4-14(13)19(21)24/h1-9,22H,10H2. The lowest BCUT2D eigenvalue weighted by Crippen LogP contribution is -2.29. The minimum Gasteiger partial charge on any atom is -0.459 e. The maximum absolute atomic E-state index is 12.5. The van der Waals surface area contributed by atoms with Gasteiger partial charge in [0.05, 0.1) is 21.8 Å². The molecular formula is C19H12ClNO4. The summed E-state index contributed by atoms with van der Waals surface area (Å²) in [4.78, 5) is 26.2. The van der Waals surface area contributed by atoms with Crippen molar-refractivity contribution in [1.29, 1.82) is 0 Å². The van der Waals surface area contributed by atoms with E-state index >= 15 is 0 Å². The van der Waals surface area contributed by atoms with Crippen molar-refractivity contribution in [2.45, 2.75) is 6.61 Å². The Morgan fingerprint density at radius 1 is 0.920 bits per heavy atom. The Labute approximate surface area is 148 Å². The summed E-state index contributed by atoms with van der Waals surface area (Å²) in [6.45, 7) is -0.204. The molecule has 1 N–H and O–H groups in total. The minimum absolute atomic E-state index is 0.204. The van der Waals surface area contributed by atoms with E-state index in [1.807, 2.05) is 0 Å². The molecule has 1 aliphatic rings. The van der Waals surface area contributed by atoms with Crippen LogP contribution >= 0.6 is 11.6 Å². The number of benzene rings is 2. The van der Waals surface area contributed by atoms with Crippen molar-refractivity contribution in [3.63, 3.8) is 0 Å². The molecule has 2 aromatic carbocycles. The quantitative estimate of drug-likeness (QED) is 0.725. The molecule has 0 fully saturated rings. The molecule has 6 heteroatoms. The SMILES string of the molecule is O=C1c2ccccc2C(=O)N1c1ccc(-c2ccc(CO)o2)c(Cl)c1. The van der Waals surface area contributed by atoms with Gasteiger partial charge in [-0.15, -0.1) is 0 Å². The van der Waals surface area contributed by atoms with Crippen LogP contribution in [0.2, 0.25) is 5.02 Å². The van der Waals surface area contributed by atoms with E-state index in [9.17, 15) is 9.59 Å². The number of hydrogen-bond donors (Lipinski definition) is 1. The summed E-state index contributed by atoms with van der Waals surface area (Å²) < 4.78 is 5.48. The molecule has 5 nitrogen and oxygen atoms in total. The van der Waals surface area contributed by atoms with Crippen LogP contribution in [-0.2, 0) is 6.61 Å². The van der Waals surface area contributed by atoms with E-state index in [0.717, 1.165) is 4.90 Å². The Morgan fingerprint density at radius 2 is 1.60 bits per heavy atom. The van der Waals surface area contributed by atoms with Crippen molar-refractivity contribution in [1.82, 2.24) is 0 Å². The monoisotopic (exact) mass is 353 g/mol. The largest absolute Gasteiger partial charge is 0.459 e. The van der Waals surface area contributed by atoms with Gasteiger partial charge in [-0.1, -0.05) is 23.7 Å². The average molecular weight is 354 g/mol. The van der Waals surface area contributed by atoms with Gasteiger partial charge in [-0.2, -0.15) is 0 Å². The van der Waals surface area contributed by atoms with Gasteiger partial charge in [0.2, 0.25) is 0 Å². The van der Waals surface area contributed by atoms with E-state index in [4.69, 9.17) is 21.1 Å². The van der Waals surface area contributed by atoms with E-state index in [-0.39, 0.29) is 18.4 Å². The number of carbonyl (C=O) groups excluding carboxylic acids is 2. The number of anilines is 1. The van der Waals surface area contributed by atoms with Crippen molar-refractivity contribution in [3.8, 4) is 11.3 Å². The van der Waals surface area contributed by atoms with Crippen molar-refractivity contribution < 1.29 is 19.1 Å². The number of halogens is 1. The second-order valence-corrected chi connectivity index (χ2v) is 5.99. The third kappa shape index (κ3) is 2.45. The van der Waals surface area contributed by atoms with Gasteiger partial charge >= 0.3 is 0 Å². The molecule has 4 rings (SSSR count). The number of aliphatic hydroxyl groups is 1. The summed E-state index contributed by atoms with van der Waals surface area (Å²) in [7, 11) is 0. The van der Waals surface area contributed by atoms with Gasteiger partial charge < -0.3 is 9.52 Å². The first kappa shape index (κ1) is 15.6. The molecule has 25 heavy (non-hydrogen) atoms. The normalized spacial score (nSPS) is 13.4. The topological polar surface area (TPSA) is 70.8 Å². The zero-order valence-electron chi connectivity index (χ0n) is 12.9. The highest BCUT2D eigenvalue weighted by Gasteiger charge is 2.36. The van der Waals surface area contributed by atoms with Gasteiger partial charge in [0.1, 0.15) is 18.1 Å². The lowest BCUT2D eigenvalue weighted by molar-refractivity contribution is 0.0926. The second kappa shape index (κ2) is 5.88. The lowest BCUT2D eigenvalue weighted by atomic mass is 10.1. The van der Waals surface area contributed by atoms with Crippen LogP contribution in [0.25, 0.3) is 11.3 Å². The number of carbonyl (C=O) groups is 2. The molecule has 0 saturated heterocycles. The molecule has 0 saturated carbocycles. The van der Waals surface area contributed by atoms with Gasteiger partial charge in [0.25, 0.3) is 11.8 Å². The zero-order chi connectivity index (χ0) is 17.6. The minimum atomic E-state index is -0.370. The number of nitrogens with zero attached hydrogens (tertiary/aromatic N) is 1. The van der Waals surface area contributed by atoms with E-state index < -0.39 is 0 Å². The maximum Gasteiger partial charge on any atom is 0.266 e. The molecule has 0 spiro atoms. The summed E-state index contributed by atoms with van der Waals surface area (Å²) in [5.74, 6) is 0.188. The number of hydrogen-bond acceptors (Lipinski definition) is 4. The molecule has 1 aromatic heterocycles. The van der Waals surface area contributed by atoms with Crippen molar-refractivity contribution in [2.75, 3.05) is 4.90 Å². The summed E-state index contributed by atoms with van der Waals surface area (Å²) in [6, 6.07) is 14.9. The third-order valence-corrected chi connectivity index (χ3v) is 4.40. The molecule has 124 valence electrons. The first-order valence-corrected chi connectivity index (χ1v) is 7.95. The molecule has 2 amide bonds. The van der Waals surface area contributed by atoms with Crippen LogP contribution in [0.4, 0.5) is 5.69 Å². The van der Waals surface area contributed by atoms with E-state index in [1.54, 1.807) is 54.6 Å². The number of rotatable bonds is 3. The van der Waals surface area contributed by atoms with Crippen LogP contribution in [0.15, 0.2) is 59.0 Å². The number of fused-ring (bicyclic) bond motifs is 1. The highest BCUT2D eigenvalue weighted by molar-refractivity contribution is 6.36. The fraction of sp³-hybridized carbons (Fsp3) is 0.0526. The fourth-order valence-electron chi connectivity index (χ4n) is 2.87. The lowest BCUT2D eigenvalue weighted by Gasteiger charge is -2.15. The highest BCUT2D eigenvalue weighted by Crippen LogP contribution is 2.35. The van der Waals surface area contributed by atoms with Crippen molar-refractivity contribution in [3.05, 3.63) is 76.5 Å². The molecule has 0 aliphatic carbocycles. The Morgan fingerprint density at radius 3 is 2.16 bits per heavy atom. The zero-order valence-corrected chi connectivity index (χ0v) is 13.7. The summed E-state index contributed by atoms with van der Waals surface area (Å²) in [6.07, 6.45) is 0. The van der Waals surface area contributed by atoms with Crippen LogP contribution < -0.4 is 4.90 Å². The van der Waals surface area contributed by atoms with Gasteiger partial charge in [-0.3, -0.25) is 9.59 Å². The molecule has 0 unspecified atom stereocenters. The van der Waals surface area contributed by atoms with Crippen molar-refractivity contribution >= 4 is 29.1 Å². The molecule has 0 radical (unpaired) electrons. The molecule has 2 heterocycles. The van der Waals surface area contributed by atoms with Crippen LogP contribution in [0.1, 0.15) is 26.5 Å². The summed E-state index contributed by atoms with van der Waals surface area (Å²) in [5, 5.41) is 9.43. The third-order valence-electron chi connectivity index (χ3n) is 4.09. The molecule has 0 atom stereocenters.